The van der Waals surface area contributed by atoms with Gasteiger partial charge in [0.2, 0.25) is 0 Å². The Labute approximate surface area is 125 Å². The number of fused-ring (bicyclic) bond motifs is 1. The molecule has 0 aliphatic carbocycles. The maximum Gasteiger partial charge on any atom is 0.303 e. The first-order valence-electron chi connectivity index (χ1n) is 7.89. The maximum absolute atomic E-state index is 10.6. The Morgan fingerprint density at radius 1 is 1.29 bits per heavy atom. The highest BCUT2D eigenvalue weighted by molar-refractivity contribution is 5.66. The Hall–Kier alpha value is -1.55. The SMILES string of the molecule is O=C(O)CCC1CCN(CC2Cc3ccccc3O2)CC1. The van der Waals surface area contributed by atoms with Gasteiger partial charge in [-0.1, -0.05) is 18.2 Å². The molecule has 2 heterocycles. The second kappa shape index (κ2) is 6.48. The van der Waals surface area contributed by atoms with Crippen LogP contribution in [-0.4, -0.2) is 41.7 Å². The third-order valence-electron chi connectivity index (χ3n) is 4.65. The van der Waals surface area contributed by atoms with Crippen molar-refractivity contribution in [2.45, 2.75) is 38.2 Å². The van der Waals surface area contributed by atoms with E-state index < -0.39 is 5.97 Å². The van der Waals surface area contributed by atoms with Crippen molar-refractivity contribution in [1.29, 1.82) is 0 Å². The molecule has 0 amide bonds. The minimum Gasteiger partial charge on any atom is -0.488 e. The first-order valence-corrected chi connectivity index (χ1v) is 7.89. The van der Waals surface area contributed by atoms with E-state index in [1.54, 1.807) is 0 Å². The predicted octanol–water partition coefficient (Wildman–Crippen LogP) is 2.57. The third-order valence-corrected chi connectivity index (χ3v) is 4.65. The van der Waals surface area contributed by atoms with Crippen LogP contribution in [0.1, 0.15) is 31.2 Å². The summed E-state index contributed by atoms with van der Waals surface area (Å²) in [6.07, 6.45) is 4.66. The number of hydrogen-bond donors (Lipinski definition) is 1. The van der Waals surface area contributed by atoms with Gasteiger partial charge in [-0.15, -0.1) is 0 Å². The third kappa shape index (κ3) is 3.76. The molecular weight excluding hydrogens is 266 g/mol. The van der Waals surface area contributed by atoms with Crippen molar-refractivity contribution in [2.24, 2.45) is 5.92 Å². The van der Waals surface area contributed by atoms with Gasteiger partial charge in [-0.05, 0) is 49.9 Å². The lowest BCUT2D eigenvalue weighted by Gasteiger charge is -2.33. The molecule has 2 aliphatic rings. The average molecular weight is 289 g/mol. The van der Waals surface area contributed by atoms with Crippen LogP contribution in [0.5, 0.6) is 5.75 Å². The van der Waals surface area contributed by atoms with E-state index in [9.17, 15) is 4.79 Å². The summed E-state index contributed by atoms with van der Waals surface area (Å²) in [7, 11) is 0. The molecule has 4 heteroatoms. The number of carbonyl (C=O) groups is 1. The van der Waals surface area contributed by atoms with E-state index in [4.69, 9.17) is 9.84 Å². The van der Waals surface area contributed by atoms with Crippen molar-refractivity contribution in [3.63, 3.8) is 0 Å². The van der Waals surface area contributed by atoms with Crippen LogP contribution in [0.25, 0.3) is 0 Å². The molecular formula is C17H23NO3. The summed E-state index contributed by atoms with van der Waals surface area (Å²) in [5.74, 6) is 0.951. The standard InChI is InChI=1S/C17H23NO3/c19-17(20)6-5-13-7-9-18(10-8-13)12-15-11-14-3-1-2-4-16(14)21-15/h1-4,13,15H,5-12H2,(H,19,20). The number of aliphatic carboxylic acids is 1. The van der Waals surface area contributed by atoms with Crippen LogP contribution in [-0.2, 0) is 11.2 Å². The molecule has 1 aromatic rings. The second-order valence-electron chi connectivity index (χ2n) is 6.23. The van der Waals surface area contributed by atoms with Crippen LogP contribution in [0.2, 0.25) is 0 Å². The van der Waals surface area contributed by atoms with Gasteiger partial charge < -0.3 is 9.84 Å². The van der Waals surface area contributed by atoms with E-state index in [1.807, 2.05) is 12.1 Å². The molecule has 0 radical (unpaired) electrons. The van der Waals surface area contributed by atoms with E-state index in [-0.39, 0.29) is 6.10 Å². The second-order valence-corrected chi connectivity index (χ2v) is 6.23. The highest BCUT2D eigenvalue weighted by Gasteiger charge is 2.27. The number of carboxylic acid groups (broad SMARTS) is 1. The molecule has 0 aromatic heterocycles. The van der Waals surface area contributed by atoms with Gasteiger partial charge in [0.15, 0.2) is 0 Å². The molecule has 0 saturated carbocycles. The zero-order chi connectivity index (χ0) is 14.7. The number of benzene rings is 1. The Morgan fingerprint density at radius 2 is 2.05 bits per heavy atom. The van der Waals surface area contributed by atoms with Crippen LogP contribution >= 0.6 is 0 Å². The number of nitrogens with zero attached hydrogens (tertiary/aromatic N) is 1. The smallest absolute Gasteiger partial charge is 0.303 e. The van der Waals surface area contributed by atoms with Gasteiger partial charge in [0.1, 0.15) is 11.9 Å². The monoisotopic (exact) mass is 289 g/mol. The van der Waals surface area contributed by atoms with Gasteiger partial charge in [0.05, 0.1) is 0 Å². The molecule has 2 aliphatic heterocycles. The van der Waals surface area contributed by atoms with Gasteiger partial charge >= 0.3 is 5.97 Å². The quantitative estimate of drug-likeness (QED) is 0.905. The van der Waals surface area contributed by atoms with E-state index in [1.165, 1.54) is 5.56 Å². The first-order chi connectivity index (χ1) is 10.2. The maximum atomic E-state index is 10.6. The summed E-state index contributed by atoms with van der Waals surface area (Å²) in [6, 6.07) is 8.29. The van der Waals surface area contributed by atoms with Crippen molar-refractivity contribution < 1.29 is 14.6 Å². The molecule has 1 atom stereocenters. The van der Waals surface area contributed by atoms with Crippen LogP contribution in [0.4, 0.5) is 0 Å². The summed E-state index contributed by atoms with van der Waals surface area (Å²) >= 11 is 0. The van der Waals surface area contributed by atoms with Gasteiger partial charge in [0, 0.05) is 19.4 Å². The molecule has 21 heavy (non-hydrogen) atoms. The molecule has 1 fully saturated rings. The average Bonchev–Trinajstić information content (AvgIpc) is 2.88. The van der Waals surface area contributed by atoms with E-state index >= 15 is 0 Å². The Kier molecular flexibility index (Phi) is 4.44. The summed E-state index contributed by atoms with van der Waals surface area (Å²) < 4.78 is 6.00. The number of carboxylic acids is 1. The lowest BCUT2D eigenvalue weighted by molar-refractivity contribution is -0.137. The van der Waals surface area contributed by atoms with Gasteiger partial charge in [-0.2, -0.15) is 0 Å². The van der Waals surface area contributed by atoms with E-state index in [2.05, 4.69) is 17.0 Å². The molecule has 3 rings (SSSR count). The minimum atomic E-state index is -0.672. The molecule has 114 valence electrons. The van der Waals surface area contributed by atoms with Gasteiger partial charge in [-0.3, -0.25) is 9.69 Å². The number of piperidine rings is 1. The Balaban J connectivity index is 1.41. The largest absolute Gasteiger partial charge is 0.488 e. The summed E-state index contributed by atoms with van der Waals surface area (Å²) in [5.41, 5.74) is 1.32. The summed E-state index contributed by atoms with van der Waals surface area (Å²) in [6.45, 7) is 3.13. The van der Waals surface area contributed by atoms with E-state index in [0.717, 1.165) is 51.1 Å². The van der Waals surface area contributed by atoms with Crippen LogP contribution in [0.3, 0.4) is 0 Å². The van der Waals surface area contributed by atoms with Crippen LogP contribution in [0, 0.1) is 5.92 Å². The lowest BCUT2D eigenvalue weighted by atomic mass is 9.92. The molecule has 1 aromatic carbocycles. The molecule has 0 spiro atoms. The van der Waals surface area contributed by atoms with Gasteiger partial charge in [-0.25, -0.2) is 0 Å². The number of likely N-dealkylation sites (tertiary alicyclic amines) is 1. The highest BCUT2D eigenvalue weighted by Crippen LogP contribution is 2.29. The van der Waals surface area contributed by atoms with Crippen molar-refractivity contribution in [1.82, 2.24) is 4.90 Å². The normalized spacial score (nSPS) is 22.8. The van der Waals surface area contributed by atoms with Crippen LogP contribution < -0.4 is 4.74 Å². The highest BCUT2D eigenvalue weighted by atomic mass is 16.5. The zero-order valence-electron chi connectivity index (χ0n) is 12.3. The van der Waals surface area contributed by atoms with Crippen molar-refractivity contribution in [2.75, 3.05) is 19.6 Å². The van der Waals surface area contributed by atoms with Crippen molar-refractivity contribution in [3.8, 4) is 5.75 Å². The number of ether oxygens (including phenoxy) is 1. The lowest BCUT2D eigenvalue weighted by Crippen LogP contribution is -2.40. The fraction of sp³-hybridized carbons (Fsp3) is 0.588. The topological polar surface area (TPSA) is 49.8 Å². The predicted molar refractivity (Wildman–Crippen MR) is 80.6 cm³/mol. The fourth-order valence-electron chi connectivity index (χ4n) is 3.43. The van der Waals surface area contributed by atoms with Crippen LogP contribution in [0.15, 0.2) is 24.3 Å². The number of hydrogen-bond acceptors (Lipinski definition) is 3. The molecule has 1 unspecified atom stereocenters. The Bertz CT molecular complexity index is 470. The van der Waals surface area contributed by atoms with E-state index in [0.29, 0.717) is 12.3 Å². The molecule has 1 saturated heterocycles. The zero-order valence-corrected chi connectivity index (χ0v) is 12.3. The Morgan fingerprint density at radius 3 is 2.76 bits per heavy atom. The van der Waals surface area contributed by atoms with Gasteiger partial charge in [0.25, 0.3) is 0 Å². The first kappa shape index (κ1) is 14.4. The summed E-state index contributed by atoms with van der Waals surface area (Å²) in [4.78, 5) is 13.1. The number of rotatable bonds is 5. The minimum absolute atomic E-state index is 0.276. The number of para-hydroxylation sites is 1. The molecule has 1 N–H and O–H groups in total. The van der Waals surface area contributed by atoms with Crippen molar-refractivity contribution in [3.05, 3.63) is 29.8 Å². The molecule has 0 bridgehead atoms. The molecule has 4 nitrogen and oxygen atoms in total. The fourth-order valence-corrected chi connectivity index (χ4v) is 3.43. The summed E-state index contributed by atoms with van der Waals surface area (Å²) in [5, 5.41) is 8.74. The van der Waals surface area contributed by atoms with Crippen molar-refractivity contribution >= 4 is 5.97 Å².